The van der Waals surface area contributed by atoms with E-state index < -0.39 is 8.32 Å². The summed E-state index contributed by atoms with van der Waals surface area (Å²) < 4.78 is 11.0. The summed E-state index contributed by atoms with van der Waals surface area (Å²) >= 11 is 7.40. The van der Waals surface area contributed by atoms with Gasteiger partial charge in [0.2, 0.25) is 8.32 Å². The minimum Gasteiger partial charge on any atom is -0.520 e. The third-order valence-electron chi connectivity index (χ3n) is 1.95. The second-order valence-corrected chi connectivity index (χ2v) is 11.0. The van der Waals surface area contributed by atoms with E-state index in [1.165, 1.54) is 0 Å². The Kier molecular flexibility index (Phi) is 6.04. The highest BCUT2D eigenvalue weighted by Crippen LogP contribution is 2.28. The monoisotopic (exact) mass is 314 g/mol. The Bertz CT molecular complexity index is 463. The lowest BCUT2D eigenvalue weighted by Gasteiger charge is -2.20. The van der Waals surface area contributed by atoms with Crippen molar-refractivity contribution in [2.24, 2.45) is 0 Å². The number of rotatable bonds is 6. The standard InChI is InChI=1S/C14H19ClO2SSi/c1-11(10-14(16-2)17-19(3,4)5)18-13-8-6-12(15)7-9-13/h6-10H,1H2,2-5H3/b14-10+. The van der Waals surface area contributed by atoms with Gasteiger partial charge in [-0.1, -0.05) is 29.9 Å². The van der Waals surface area contributed by atoms with Gasteiger partial charge in [0.25, 0.3) is 5.95 Å². The van der Waals surface area contributed by atoms with Gasteiger partial charge < -0.3 is 9.16 Å². The molecule has 0 aliphatic heterocycles. The third kappa shape index (κ3) is 6.75. The summed E-state index contributed by atoms with van der Waals surface area (Å²) in [6, 6.07) is 7.63. The molecule has 0 atom stereocenters. The number of halogens is 1. The molecule has 0 unspecified atom stereocenters. The van der Waals surface area contributed by atoms with Gasteiger partial charge in [0.15, 0.2) is 0 Å². The number of allylic oxidation sites excluding steroid dienone is 1. The van der Waals surface area contributed by atoms with Crippen molar-refractivity contribution in [1.82, 2.24) is 0 Å². The molecule has 0 aromatic heterocycles. The van der Waals surface area contributed by atoms with Crippen molar-refractivity contribution in [1.29, 1.82) is 0 Å². The van der Waals surface area contributed by atoms with E-state index in [4.69, 9.17) is 20.8 Å². The first kappa shape index (κ1) is 16.2. The molecule has 0 bridgehead atoms. The predicted octanol–water partition coefficient (Wildman–Crippen LogP) is 5.29. The minimum atomic E-state index is -1.67. The first-order chi connectivity index (χ1) is 8.80. The zero-order chi connectivity index (χ0) is 14.5. The summed E-state index contributed by atoms with van der Waals surface area (Å²) in [6.07, 6.45) is 1.82. The molecule has 104 valence electrons. The van der Waals surface area contributed by atoms with Crippen molar-refractivity contribution >= 4 is 31.7 Å². The van der Waals surface area contributed by atoms with Crippen LogP contribution in [0.5, 0.6) is 0 Å². The zero-order valence-corrected chi connectivity index (χ0v) is 14.3. The largest absolute Gasteiger partial charge is 0.520 e. The predicted molar refractivity (Wildman–Crippen MR) is 86.0 cm³/mol. The van der Waals surface area contributed by atoms with E-state index in [1.54, 1.807) is 18.9 Å². The van der Waals surface area contributed by atoms with Crippen molar-refractivity contribution in [3.05, 3.63) is 52.8 Å². The van der Waals surface area contributed by atoms with E-state index >= 15 is 0 Å². The SMILES string of the molecule is C=C(/C=C(\OC)O[Si](C)(C)C)Sc1ccc(Cl)cc1. The highest BCUT2D eigenvalue weighted by Gasteiger charge is 2.18. The lowest BCUT2D eigenvalue weighted by Crippen LogP contribution is -2.25. The maximum atomic E-state index is 5.85. The lowest BCUT2D eigenvalue weighted by atomic mass is 10.4. The number of benzene rings is 1. The number of hydrogen-bond acceptors (Lipinski definition) is 3. The summed E-state index contributed by atoms with van der Waals surface area (Å²) in [7, 11) is -0.0653. The van der Waals surface area contributed by atoms with Crippen molar-refractivity contribution in [2.75, 3.05) is 7.11 Å². The average molecular weight is 315 g/mol. The van der Waals surface area contributed by atoms with Crippen LogP contribution in [0.1, 0.15) is 0 Å². The normalized spacial score (nSPS) is 12.2. The number of hydrogen-bond donors (Lipinski definition) is 0. The molecule has 19 heavy (non-hydrogen) atoms. The van der Waals surface area contributed by atoms with Gasteiger partial charge in [-0.15, -0.1) is 0 Å². The van der Waals surface area contributed by atoms with Gasteiger partial charge >= 0.3 is 0 Å². The van der Waals surface area contributed by atoms with E-state index in [1.807, 2.05) is 30.3 Å². The molecule has 0 aliphatic carbocycles. The van der Waals surface area contributed by atoms with Crippen LogP contribution in [0.15, 0.2) is 52.7 Å². The maximum Gasteiger partial charge on any atom is 0.266 e. The Hall–Kier alpha value is -0.843. The van der Waals surface area contributed by atoms with E-state index in [-0.39, 0.29) is 0 Å². The topological polar surface area (TPSA) is 18.5 Å². The Morgan fingerprint density at radius 2 is 1.84 bits per heavy atom. The van der Waals surface area contributed by atoms with Gasteiger partial charge in [0, 0.05) is 20.9 Å². The van der Waals surface area contributed by atoms with Gasteiger partial charge in [-0.25, -0.2) is 0 Å². The fourth-order valence-electron chi connectivity index (χ4n) is 1.25. The molecule has 0 fully saturated rings. The van der Waals surface area contributed by atoms with Crippen LogP contribution in [0.3, 0.4) is 0 Å². The Balaban J connectivity index is 2.69. The quantitative estimate of drug-likeness (QED) is 0.308. The van der Waals surface area contributed by atoms with Crippen LogP contribution in [-0.2, 0) is 9.16 Å². The Morgan fingerprint density at radius 3 is 2.32 bits per heavy atom. The number of ether oxygens (including phenoxy) is 1. The summed E-state index contributed by atoms with van der Waals surface area (Å²) in [4.78, 5) is 1.94. The highest BCUT2D eigenvalue weighted by molar-refractivity contribution is 8.03. The van der Waals surface area contributed by atoms with E-state index in [0.717, 1.165) is 14.8 Å². The number of thioether (sulfide) groups is 1. The van der Waals surface area contributed by atoms with Crippen molar-refractivity contribution < 1.29 is 9.16 Å². The van der Waals surface area contributed by atoms with Crippen molar-refractivity contribution in [3.8, 4) is 0 Å². The Morgan fingerprint density at radius 1 is 1.26 bits per heavy atom. The van der Waals surface area contributed by atoms with Gasteiger partial charge in [-0.2, -0.15) is 0 Å². The number of methoxy groups -OCH3 is 1. The molecular formula is C14H19ClO2SSi. The molecular weight excluding hydrogens is 296 g/mol. The van der Waals surface area contributed by atoms with E-state index in [2.05, 4.69) is 26.2 Å². The molecule has 1 aromatic rings. The minimum absolute atomic E-state index is 0.519. The molecule has 0 radical (unpaired) electrons. The molecule has 0 aliphatic rings. The lowest BCUT2D eigenvalue weighted by molar-refractivity contribution is 0.147. The van der Waals surface area contributed by atoms with Crippen LogP contribution in [0.25, 0.3) is 0 Å². The zero-order valence-electron chi connectivity index (χ0n) is 11.7. The van der Waals surface area contributed by atoms with Gasteiger partial charge in [0.1, 0.15) is 0 Å². The summed E-state index contributed by atoms with van der Waals surface area (Å²) in [5.41, 5.74) is 0. The van der Waals surface area contributed by atoms with E-state index in [9.17, 15) is 0 Å². The van der Waals surface area contributed by atoms with Gasteiger partial charge in [0.05, 0.1) is 7.11 Å². The Labute approximate surface area is 125 Å². The molecule has 0 heterocycles. The summed E-state index contributed by atoms with van der Waals surface area (Å²) in [5.74, 6) is 0.519. The van der Waals surface area contributed by atoms with E-state index in [0.29, 0.717) is 5.95 Å². The molecule has 5 heteroatoms. The smallest absolute Gasteiger partial charge is 0.266 e. The van der Waals surface area contributed by atoms with Gasteiger partial charge in [-0.05, 0) is 43.9 Å². The van der Waals surface area contributed by atoms with Crippen LogP contribution < -0.4 is 0 Å². The molecule has 0 N–H and O–H groups in total. The fourth-order valence-corrected chi connectivity index (χ4v) is 2.85. The summed E-state index contributed by atoms with van der Waals surface area (Å²) in [6.45, 7) is 10.3. The molecule has 2 nitrogen and oxygen atoms in total. The summed E-state index contributed by atoms with van der Waals surface area (Å²) in [5, 5.41) is 0.727. The molecule has 1 aromatic carbocycles. The molecule has 0 spiro atoms. The highest BCUT2D eigenvalue weighted by atomic mass is 35.5. The fraction of sp³-hybridized carbons (Fsp3) is 0.286. The first-order valence-corrected chi connectivity index (χ1v) is 10.5. The van der Waals surface area contributed by atoms with Crippen LogP contribution in [0.4, 0.5) is 0 Å². The molecule has 0 saturated heterocycles. The molecule has 0 amide bonds. The van der Waals surface area contributed by atoms with Crippen LogP contribution >= 0.6 is 23.4 Å². The van der Waals surface area contributed by atoms with Crippen molar-refractivity contribution in [3.63, 3.8) is 0 Å². The second-order valence-electron chi connectivity index (χ2n) is 4.90. The third-order valence-corrected chi connectivity index (χ3v) is 3.90. The average Bonchev–Trinajstić information content (AvgIpc) is 2.29. The molecule has 1 rings (SSSR count). The maximum absolute atomic E-state index is 5.85. The van der Waals surface area contributed by atoms with Crippen LogP contribution in [-0.4, -0.2) is 15.4 Å². The van der Waals surface area contributed by atoms with Crippen LogP contribution in [0.2, 0.25) is 24.7 Å². The second kappa shape index (κ2) is 7.08. The van der Waals surface area contributed by atoms with Gasteiger partial charge in [-0.3, -0.25) is 0 Å². The van der Waals surface area contributed by atoms with Crippen LogP contribution in [0, 0.1) is 0 Å². The van der Waals surface area contributed by atoms with Crippen molar-refractivity contribution in [2.45, 2.75) is 24.5 Å². The first-order valence-electron chi connectivity index (χ1n) is 5.87. The molecule has 0 saturated carbocycles.